The van der Waals surface area contributed by atoms with Crippen LogP contribution in [0.2, 0.25) is 0 Å². The van der Waals surface area contributed by atoms with Crippen molar-refractivity contribution in [3.8, 4) is 0 Å². The van der Waals surface area contributed by atoms with E-state index in [1.807, 2.05) is 19.0 Å². The summed E-state index contributed by atoms with van der Waals surface area (Å²) >= 11 is 0. The van der Waals surface area contributed by atoms with Gasteiger partial charge in [0.25, 0.3) is 5.91 Å². The highest BCUT2D eigenvalue weighted by atomic mass is 16.2. The number of likely N-dealkylation sites (N-methyl/N-ethyl adjacent to an activating group) is 1. The van der Waals surface area contributed by atoms with Gasteiger partial charge in [-0.2, -0.15) is 0 Å². The first-order valence-corrected chi connectivity index (χ1v) is 6.67. The summed E-state index contributed by atoms with van der Waals surface area (Å²) in [6.45, 7) is 2.77. The van der Waals surface area contributed by atoms with Gasteiger partial charge in [-0.1, -0.05) is 5.21 Å². The van der Waals surface area contributed by atoms with Gasteiger partial charge in [-0.05, 0) is 26.9 Å². The molecule has 1 amide bonds. The maximum Gasteiger partial charge on any atom is 0.276 e. The Morgan fingerprint density at radius 3 is 3.05 bits per heavy atom. The molecular weight excluding hydrogens is 244 g/mol. The number of carbonyl (C=O) groups excluding carboxylic acids is 1. The Morgan fingerprint density at radius 2 is 2.37 bits per heavy atom. The zero-order valence-electron chi connectivity index (χ0n) is 11.6. The molecule has 2 N–H and O–H groups in total. The van der Waals surface area contributed by atoms with Crippen molar-refractivity contribution >= 4 is 5.91 Å². The lowest BCUT2D eigenvalue weighted by molar-refractivity contribution is 0.0710. The normalized spacial score (nSPS) is 19.4. The number of hydrogen-bond donors (Lipinski definition) is 1. The molecule has 106 valence electrons. The highest BCUT2D eigenvalue weighted by Gasteiger charge is 2.30. The molecule has 1 aromatic rings. The van der Waals surface area contributed by atoms with Crippen molar-refractivity contribution < 1.29 is 4.79 Å². The summed E-state index contributed by atoms with van der Waals surface area (Å²) in [6.07, 6.45) is 3.79. The van der Waals surface area contributed by atoms with Crippen molar-refractivity contribution in [2.45, 2.75) is 25.4 Å². The number of nitrogens with zero attached hydrogens (tertiary/aromatic N) is 5. The van der Waals surface area contributed by atoms with Gasteiger partial charge >= 0.3 is 0 Å². The lowest BCUT2D eigenvalue weighted by Crippen LogP contribution is -2.41. The second-order valence-electron chi connectivity index (χ2n) is 5.21. The van der Waals surface area contributed by atoms with Gasteiger partial charge in [-0.15, -0.1) is 5.10 Å². The summed E-state index contributed by atoms with van der Waals surface area (Å²) in [7, 11) is 4.05. The van der Waals surface area contributed by atoms with E-state index in [9.17, 15) is 4.79 Å². The topological polar surface area (TPSA) is 80.3 Å². The van der Waals surface area contributed by atoms with Gasteiger partial charge in [0.05, 0.1) is 12.7 Å². The predicted molar refractivity (Wildman–Crippen MR) is 71.7 cm³/mol. The Bertz CT molecular complexity index is 430. The smallest absolute Gasteiger partial charge is 0.276 e. The van der Waals surface area contributed by atoms with Gasteiger partial charge in [-0.3, -0.25) is 9.48 Å². The average molecular weight is 266 g/mol. The lowest BCUT2D eigenvalue weighted by Gasteiger charge is -2.26. The lowest BCUT2D eigenvalue weighted by atomic mass is 10.2. The van der Waals surface area contributed by atoms with E-state index in [4.69, 9.17) is 5.73 Å². The molecule has 0 bridgehead atoms. The Balaban J connectivity index is 2.04. The minimum absolute atomic E-state index is 0.0207. The summed E-state index contributed by atoms with van der Waals surface area (Å²) in [5.74, 6) is -0.0207. The minimum atomic E-state index is -0.0207. The molecule has 0 radical (unpaired) electrons. The van der Waals surface area contributed by atoms with Crippen molar-refractivity contribution in [2.24, 2.45) is 5.73 Å². The quantitative estimate of drug-likeness (QED) is 0.770. The maximum absolute atomic E-state index is 12.4. The zero-order valence-corrected chi connectivity index (χ0v) is 11.6. The van der Waals surface area contributed by atoms with Crippen LogP contribution in [0.3, 0.4) is 0 Å². The zero-order chi connectivity index (χ0) is 13.8. The van der Waals surface area contributed by atoms with E-state index in [-0.39, 0.29) is 11.9 Å². The summed E-state index contributed by atoms with van der Waals surface area (Å²) in [4.78, 5) is 16.4. The van der Waals surface area contributed by atoms with E-state index < -0.39 is 0 Å². The highest BCUT2D eigenvalue weighted by molar-refractivity contribution is 5.92. The van der Waals surface area contributed by atoms with Crippen molar-refractivity contribution in [2.75, 3.05) is 33.7 Å². The fraction of sp³-hybridized carbons (Fsp3) is 0.750. The van der Waals surface area contributed by atoms with Crippen LogP contribution in [0.5, 0.6) is 0 Å². The van der Waals surface area contributed by atoms with E-state index in [0.717, 1.165) is 25.9 Å². The third-order valence-corrected chi connectivity index (χ3v) is 3.33. The second-order valence-corrected chi connectivity index (χ2v) is 5.21. The number of likely N-dealkylation sites (tertiary alicyclic amines) is 1. The van der Waals surface area contributed by atoms with Crippen molar-refractivity contribution in [1.82, 2.24) is 24.8 Å². The molecule has 1 unspecified atom stereocenters. The molecule has 1 atom stereocenters. The molecule has 19 heavy (non-hydrogen) atoms. The Hall–Kier alpha value is -1.47. The molecule has 0 spiro atoms. The molecule has 1 aromatic heterocycles. The van der Waals surface area contributed by atoms with Crippen molar-refractivity contribution in [3.63, 3.8) is 0 Å². The fourth-order valence-corrected chi connectivity index (χ4v) is 2.50. The number of aromatic nitrogens is 3. The van der Waals surface area contributed by atoms with Gasteiger partial charge < -0.3 is 15.5 Å². The number of nitrogens with two attached hydrogens (primary N) is 1. The van der Waals surface area contributed by atoms with E-state index >= 15 is 0 Å². The van der Waals surface area contributed by atoms with Gasteiger partial charge in [0, 0.05) is 25.7 Å². The van der Waals surface area contributed by atoms with Gasteiger partial charge in [0.15, 0.2) is 5.69 Å². The van der Waals surface area contributed by atoms with Crippen LogP contribution >= 0.6 is 0 Å². The van der Waals surface area contributed by atoms with Crippen molar-refractivity contribution in [3.05, 3.63) is 11.9 Å². The average Bonchev–Trinajstić information content (AvgIpc) is 2.97. The molecule has 0 aromatic carbocycles. The minimum Gasteiger partial charge on any atom is -0.333 e. The number of rotatable bonds is 5. The maximum atomic E-state index is 12.4. The second kappa shape index (κ2) is 6.12. The highest BCUT2D eigenvalue weighted by Crippen LogP contribution is 2.19. The van der Waals surface area contributed by atoms with Crippen LogP contribution in [0.1, 0.15) is 23.3 Å². The molecule has 1 aliphatic rings. The van der Waals surface area contributed by atoms with Gasteiger partial charge in [0.1, 0.15) is 0 Å². The van der Waals surface area contributed by atoms with Crippen LogP contribution < -0.4 is 5.73 Å². The summed E-state index contributed by atoms with van der Waals surface area (Å²) in [5.41, 5.74) is 5.87. The molecule has 1 aliphatic heterocycles. The van der Waals surface area contributed by atoms with Crippen molar-refractivity contribution in [1.29, 1.82) is 0 Å². The SMILES string of the molecule is CN(C)CC1CCCN1C(=O)c1cn(CCN)nn1. The molecule has 0 aliphatic carbocycles. The monoisotopic (exact) mass is 266 g/mol. The van der Waals surface area contributed by atoms with Crippen LogP contribution in [0.25, 0.3) is 0 Å². The molecule has 1 saturated heterocycles. The first-order valence-electron chi connectivity index (χ1n) is 6.67. The van der Waals surface area contributed by atoms with E-state index in [2.05, 4.69) is 15.2 Å². The number of carbonyl (C=O) groups is 1. The molecule has 1 fully saturated rings. The van der Waals surface area contributed by atoms with E-state index in [1.165, 1.54) is 0 Å². The van der Waals surface area contributed by atoms with Crippen LogP contribution in [0, 0.1) is 0 Å². The van der Waals surface area contributed by atoms with Crippen LogP contribution in [-0.2, 0) is 6.54 Å². The summed E-state index contributed by atoms with van der Waals surface area (Å²) in [6, 6.07) is 0.280. The first-order chi connectivity index (χ1) is 9.11. The fourth-order valence-electron chi connectivity index (χ4n) is 2.50. The standard InChI is InChI=1S/C12H22N6O/c1-16(2)8-10-4-3-6-18(10)12(19)11-9-17(7-5-13)15-14-11/h9-10H,3-8,13H2,1-2H3. The number of hydrogen-bond acceptors (Lipinski definition) is 5. The van der Waals surface area contributed by atoms with E-state index in [1.54, 1.807) is 10.9 Å². The third kappa shape index (κ3) is 3.30. The molecule has 2 rings (SSSR count). The van der Waals surface area contributed by atoms with Crippen LogP contribution in [0.4, 0.5) is 0 Å². The predicted octanol–water partition coefficient (Wildman–Crippen LogP) is -0.597. The summed E-state index contributed by atoms with van der Waals surface area (Å²) < 4.78 is 1.62. The Kier molecular flexibility index (Phi) is 4.49. The Labute approximate surface area is 113 Å². The number of amides is 1. The molecule has 2 heterocycles. The van der Waals surface area contributed by atoms with Gasteiger partial charge in [0.2, 0.25) is 0 Å². The third-order valence-electron chi connectivity index (χ3n) is 3.33. The van der Waals surface area contributed by atoms with E-state index in [0.29, 0.717) is 18.8 Å². The molecule has 7 nitrogen and oxygen atoms in total. The Morgan fingerprint density at radius 1 is 1.58 bits per heavy atom. The van der Waals surface area contributed by atoms with Crippen LogP contribution in [0.15, 0.2) is 6.20 Å². The van der Waals surface area contributed by atoms with Gasteiger partial charge in [-0.25, -0.2) is 0 Å². The molecule has 7 heteroatoms. The summed E-state index contributed by atoms with van der Waals surface area (Å²) in [5, 5.41) is 7.86. The largest absolute Gasteiger partial charge is 0.333 e. The van der Waals surface area contributed by atoms with Crippen LogP contribution in [-0.4, -0.2) is 70.5 Å². The molecule has 0 saturated carbocycles. The molecular formula is C12H22N6O. The first kappa shape index (κ1) is 14.0.